The van der Waals surface area contributed by atoms with Gasteiger partial charge in [0.2, 0.25) is 0 Å². The van der Waals surface area contributed by atoms with Crippen molar-refractivity contribution in [2.24, 2.45) is 0 Å². The molecule has 1 aliphatic carbocycles. The second kappa shape index (κ2) is 7.78. The lowest BCUT2D eigenvalue weighted by molar-refractivity contribution is -0.156. The van der Waals surface area contributed by atoms with Crippen LogP contribution in [-0.2, 0) is 14.3 Å². The summed E-state index contributed by atoms with van der Waals surface area (Å²) in [6.07, 6.45) is 4.09. The maximum Gasteiger partial charge on any atom is 0.320 e. The highest BCUT2D eigenvalue weighted by atomic mass is 16.6. The monoisotopic (exact) mass is 300 g/mol. The Balaban J connectivity index is 2.74. The van der Waals surface area contributed by atoms with Crippen LogP contribution in [0.1, 0.15) is 67.6 Å². The molecule has 0 bridgehead atoms. The van der Waals surface area contributed by atoms with Gasteiger partial charge in [0.1, 0.15) is 11.6 Å². The molecular weight excluding hydrogens is 270 g/mol. The van der Waals surface area contributed by atoms with Gasteiger partial charge in [-0.05, 0) is 40.5 Å². The van der Waals surface area contributed by atoms with Crippen molar-refractivity contribution in [2.75, 3.05) is 6.54 Å². The fourth-order valence-corrected chi connectivity index (χ4v) is 2.70. The molecule has 0 amide bonds. The molecule has 0 aromatic carbocycles. The van der Waals surface area contributed by atoms with Crippen molar-refractivity contribution in [2.45, 2.75) is 83.9 Å². The van der Waals surface area contributed by atoms with Gasteiger partial charge in [0, 0.05) is 14.0 Å². The van der Waals surface area contributed by atoms with Crippen molar-refractivity contribution in [3.8, 4) is 0 Å². The van der Waals surface area contributed by atoms with E-state index in [0.29, 0.717) is 0 Å². The topological polar surface area (TPSA) is 66.8 Å². The molecule has 1 saturated carbocycles. The molecule has 0 aliphatic heterocycles. The number of carbonyl (C=O) groups excluding carboxylic acids is 1. The molecular formula is C16H29NO4. The Bertz CT molecular complexity index is 388. The van der Waals surface area contributed by atoms with Gasteiger partial charge in [-0.1, -0.05) is 19.3 Å². The Morgan fingerprint density at radius 1 is 1.33 bits per heavy atom. The van der Waals surface area contributed by atoms with E-state index in [4.69, 9.17) is 6.11 Å². The minimum Gasteiger partial charge on any atom is -0.480 e. The normalized spacial score (nSPS) is 20.7. The highest BCUT2D eigenvalue weighted by Crippen LogP contribution is 2.24. The number of aliphatic carboxylic acids is 1. The van der Waals surface area contributed by atoms with E-state index in [0.717, 1.165) is 25.7 Å². The van der Waals surface area contributed by atoms with E-state index < -0.39 is 30.0 Å². The number of carbonyl (C=O) groups is 2. The average Bonchev–Trinajstić information content (AvgIpc) is 2.42. The molecule has 122 valence electrons. The van der Waals surface area contributed by atoms with Crippen LogP contribution in [0.2, 0.25) is 0 Å². The molecule has 0 radical (unpaired) electrons. The molecule has 0 heterocycles. The molecule has 5 nitrogen and oxygen atoms in total. The molecule has 1 fully saturated rings. The number of ether oxygens (including phenoxy) is 1. The summed E-state index contributed by atoms with van der Waals surface area (Å²) < 4.78 is 13.3. The molecule has 0 spiro atoms. The fourth-order valence-electron chi connectivity index (χ4n) is 2.70. The van der Waals surface area contributed by atoms with E-state index in [-0.39, 0.29) is 12.6 Å². The van der Waals surface area contributed by atoms with Crippen LogP contribution in [0.3, 0.4) is 0 Å². The van der Waals surface area contributed by atoms with Crippen molar-refractivity contribution < 1.29 is 20.8 Å². The predicted molar refractivity (Wildman–Crippen MR) is 81.1 cm³/mol. The van der Waals surface area contributed by atoms with Gasteiger partial charge >= 0.3 is 11.9 Å². The third kappa shape index (κ3) is 6.46. The second-order valence-electron chi connectivity index (χ2n) is 6.74. The average molecular weight is 300 g/mol. The van der Waals surface area contributed by atoms with Crippen molar-refractivity contribution in [1.29, 1.82) is 0 Å². The van der Waals surface area contributed by atoms with Crippen LogP contribution in [0.4, 0.5) is 0 Å². The van der Waals surface area contributed by atoms with E-state index >= 15 is 0 Å². The third-order valence-corrected chi connectivity index (χ3v) is 3.77. The summed E-state index contributed by atoms with van der Waals surface area (Å²) in [5.74, 6) is -1.51. The maximum absolute atomic E-state index is 12.0. The highest BCUT2D eigenvalue weighted by Gasteiger charge is 2.29. The van der Waals surface area contributed by atoms with E-state index in [1.54, 1.807) is 32.6 Å². The Kier molecular flexibility index (Phi) is 6.03. The molecule has 21 heavy (non-hydrogen) atoms. The van der Waals surface area contributed by atoms with Crippen molar-refractivity contribution >= 4 is 11.9 Å². The van der Waals surface area contributed by atoms with Crippen LogP contribution >= 0.6 is 0 Å². The molecule has 1 N–H and O–H groups in total. The number of esters is 1. The zero-order chi connectivity index (χ0) is 16.9. The molecule has 1 unspecified atom stereocenters. The Labute approximate surface area is 129 Å². The van der Waals surface area contributed by atoms with Gasteiger partial charge in [-0.15, -0.1) is 0 Å². The van der Waals surface area contributed by atoms with Crippen molar-refractivity contribution in [3.05, 3.63) is 0 Å². The van der Waals surface area contributed by atoms with Gasteiger partial charge in [-0.25, -0.2) is 0 Å². The van der Waals surface area contributed by atoms with Crippen LogP contribution in [0.25, 0.3) is 0 Å². The molecule has 2 atom stereocenters. The number of rotatable bonds is 6. The van der Waals surface area contributed by atoms with Gasteiger partial charge in [0.25, 0.3) is 0 Å². The van der Waals surface area contributed by atoms with E-state index in [1.807, 2.05) is 0 Å². The van der Waals surface area contributed by atoms with Gasteiger partial charge in [0.15, 0.2) is 0 Å². The SMILES string of the molecule is [2H]C(CN(C1CCCCC1)[C@@H](C)C(=O)O)C(=O)OC(C)(C)C. The van der Waals surface area contributed by atoms with E-state index in [1.165, 1.54) is 6.42 Å². The Morgan fingerprint density at radius 2 is 1.90 bits per heavy atom. The molecule has 1 aliphatic rings. The standard InChI is InChI=1S/C16H29NO4/c1-12(15(19)20)17(13-8-6-5-7-9-13)11-10-14(18)21-16(2,3)4/h12-13H,5-11H2,1-4H3,(H,19,20)/t12-/m0/s1/i10D/t10?,12-. The lowest BCUT2D eigenvalue weighted by Crippen LogP contribution is -2.47. The molecule has 0 aromatic rings. The first-order valence-electron chi connectivity index (χ1n) is 8.33. The second-order valence-corrected chi connectivity index (χ2v) is 6.74. The van der Waals surface area contributed by atoms with Crippen LogP contribution in [0, 0.1) is 0 Å². The first-order valence-corrected chi connectivity index (χ1v) is 7.75. The first kappa shape index (κ1) is 16.3. The highest BCUT2D eigenvalue weighted by molar-refractivity contribution is 5.73. The fraction of sp³-hybridized carbons (Fsp3) is 0.875. The van der Waals surface area contributed by atoms with E-state index in [9.17, 15) is 14.7 Å². The van der Waals surface area contributed by atoms with E-state index in [2.05, 4.69) is 0 Å². The Hall–Kier alpha value is -1.10. The van der Waals surface area contributed by atoms with Gasteiger partial charge < -0.3 is 9.84 Å². The Morgan fingerprint density at radius 3 is 2.38 bits per heavy atom. The predicted octanol–water partition coefficient (Wildman–Crippen LogP) is 2.83. The summed E-state index contributed by atoms with van der Waals surface area (Å²) in [7, 11) is 0. The zero-order valence-corrected chi connectivity index (χ0v) is 13.6. The molecule has 0 saturated heterocycles. The van der Waals surface area contributed by atoms with Crippen LogP contribution in [-0.4, -0.2) is 46.2 Å². The number of carboxylic acids is 1. The third-order valence-electron chi connectivity index (χ3n) is 3.77. The van der Waals surface area contributed by atoms with Gasteiger partial charge in [-0.3, -0.25) is 14.5 Å². The number of carboxylic acid groups (broad SMARTS) is 1. The molecule has 0 aromatic heterocycles. The van der Waals surface area contributed by atoms with Crippen LogP contribution in [0.15, 0.2) is 0 Å². The summed E-state index contributed by atoms with van der Waals surface area (Å²) in [4.78, 5) is 25.1. The largest absolute Gasteiger partial charge is 0.480 e. The molecule has 5 heteroatoms. The summed E-state index contributed by atoms with van der Waals surface area (Å²) in [6.45, 7) is 7.01. The minimum atomic E-state index is -1.08. The summed E-state index contributed by atoms with van der Waals surface area (Å²) in [6, 6.07) is -0.562. The number of hydrogen-bond donors (Lipinski definition) is 1. The van der Waals surface area contributed by atoms with Crippen molar-refractivity contribution in [3.63, 3.8) is 0 Å². The number of nitrogens with zero attached hydrogens (tertiary/aromatic N) is 1. The van der Waals surface area contributed by atoms with Crippen molar-refractivity contribution in [1.82, 2.24) is 4.90 Å². The summed E-state index contributed by atoms with van der Waals surface area (Å²) >= 11 is 0. The quantitative estimate of drug-likeness (QED) is 0.764. The van der Waals surface area contributed by atoms with Crippen LogP contribution < -0.4 is 0 Å². The number of hydrogen-bond acceptors (Lipinski definition) is 4. The van der Waals surface area contributed by atoms with Gasteiger partial charge in [-0.2, -0.15) is 0 Å². The lowest BCUT2D eigenvalue weighted by atomic mass is 9.93. The maximum atomic E-state index is 12.0. The summed E-state index contributed by atoms with van der Waals surface area (Å²) in [5.41, 5.74) is -0.634. The van der Waals surface area contributed by atoms with Crippen LogP contribution in [0.5, 0.6) is 0 Å². The molecule has 1 rings (SSSR count). The van der Waals surface area contributed by atoms with Gasteiger partial charge in [0.05, 0.1) is 6.40 Å². The zero-order valence-electron chi connectivity index (χ0n) is 14.6. The lowest BCUT2D eigenvalue weighted by Gasteiger charge is -2.36. The first-order chi connectivity index (χ1) is 10.1. The smallest absolute Gasteiger partial charge is 0.320 e. The summed E-state index contributed by atoms with van der Waals surface area (Å²) in [5, 5.41) is 9.30. The minimum absolute atomic E-state index is 0.104.